The van der Waals surface area contributed by atoms with Gasteiger partial charge in [0.1, 0.15) is 0 Å². The van der Waals surface area contributed by atoms with Crippen LogP contribution in [0.15, 0.2) is 29.2 Å². The Hall–Kier alpha value is -1.91. The van der Waals surface area contributed by atoms with Crippen molar-refractivity contribution in [3.05, 3.63) is 29.8 Å². The minimum Gasteiger partial charge on any atom is -0.466 e. The molecule has 114 valence electrons. The Kier molecular flexibility index (Phi) is 6.85. The van der Waals surface area contributed by atoms with Crippen molar-refractivity contribution in [2.24, 2.45) is 0 Å². The number of carbonyl (C=O) groups is 1. The molecule has 0 atom stereocenters. The van der Waals surface area contributed by atoms with E-state index in [9.17, 15) is 13.2 Å². The van der Waals surface area contributed by atoms with Gasteiger partial charge in [0.05, 0.1) is 24.0 Å². The summed E-state index contributed by atoms with van der Waals surface area (Å²) >= 11 is 0. The fourth-order valence-corrected chi connectivity index (χ4v) is 2.71. The lowest BCUT2D eigenvalue weighted by atomic mass is 10.2. The molecule has 0 heterocycles. The van der Waals surface area contributed by atoms with Crippen LogP contribution >= 0.6 is 0 Å². The monoisotopic (exact) mass is 310 g/mol. The van der Waals surface area contributed by atoms with Gasteiger partial charge < -0.3 is 4.74 Å². The van der Waals surface area contributed by atoms with Crippen molar-refractivity contribution < 1.29 is 17.9 Å². The van der Waals surface area contributed by atoms with Crippen molar-refractivity contribution in [1.29, 1.82) is 5.26 Å². The maximum absolute atomic E-state index is 12.0. The van der Waals surface area contributed by atoms with Gasteiger partial charge in [-0.1, -0.05) is 12.1 Å². The fraction of sp³-hybridized carbons (Fsp3) is 0.429. The first kappa shape index (κ1) is 17.1. The molecule has 7 heteroatoms. The zero-order valence-electron chi connectivity index (χ0n) is 11.8. The van der Waals surface area contributed by atoms with Crippen LogP contribution in [0, 0.1) is 11.3 Å². The summed E-state index contributed by atoms with van der Waals surface area (Å²) in [5.41, 5.74) is 0.763. The Labute approximate surface area is 124 Å². The Morgan fingerprint density at radius 3 is 2.57 bits per heavy atom. The fourth-order valence-electron chi connectivity index (χ4n) is 1.63. The average Bonchev–Trinajstić information content (AvgIpc) is 2.45. The number of ether oxygens (including phenoxy) is 1. The second-order valence-electron chi connectivity index (χ2n) is 4.29. The van der Waals surface area contributed by atoms with Gasteiger partial charge in [-0.2, -0.15) is 5.26 Å². The van der Waals surface area contributed by atoms with Gasteiger partial charge in [-0.05, 0) is 31.0 Å². The quantitative estimate of drug-likeness (QED) is 0.578. The van der Waals surface area contributed by atoms with E-state index in [4.69, 9.17) is 10.00 Å². The van der Waals surface area contributed by atoms with Crippen LogP contribution in [0.1, 0.15) is 25.3 Å². The molecule has 0 saturated heterocycles. The molecule has 0 unspecified atom stereocenters. The number of hydrogen-bond donors (Lipinski definition) is 1. The molecule has 0 spiro atoms. The second kappa shape index (κ2) is 8.39. The third-order valence-corrected chi connectivity index (χ3v) is 4.15. The molecule has 1 aromatic rings. The number of hydrogen-bond acceptors (Lipinski definition) is 5. The molecule has 1 N–H and O–H groups in total. The molecule has 0 aliphatic carbocycles. The summed E-state index contributed by atoms with van der Waals surface area (Å²) in [6.07, 6.45) is 0.801. The summed E-state index contributed by atoms with van der Waals surface area (Å²) in [5.74, 6) is -0.336. The highest BCUT2D eigenvalue weighted by molar-refractivity contribution is 7.89. The van der Waals surface area contributed by atoms with E-state index in [2.05, 4.69) is 4.72 Å². The highest BCUT2D eigenvalue weighted by atomic mass is 32.2. The number of benzene rings is 1. The van der Waals surface area contributed by atoms with E-state index in [1.807, 2.05) is 6.07 Å². The third-order valence-electron chi connectivity index (χ3n) is 2.67. The number of nitrogens with zero attached hydrogens (tertiary/aromatic N) is 1. The van der Waals surface area contributed by atoms with E-state index >= 15 is 0 Å². The SMILES string of the molecule is CCOC(=O)CCCNS(=O)(=O)c1ccc(CC#N)cc1. The molecule has 0 amide bonds. The van der Waals surface area contributed by atoms with Gasteiger partial charge in [0, 0.05) is 13.0 Å². The zero-order chi connectivity index (χ0) is 15.7. The molecule has 0 aromatic heterocycles. The Morgan fingerprint density at radius 1 is 1.33 bits per heavy atom. The lowest BCUT2D eigenvalue weighted by molar-refractivity contribution is -0.143. The summed E-state index contributed by atoms with van der Waals surface area (Å²) in [4.78, 5) is 11.2. The molecular weight excluding hydrogens is 292 g/mol. The summed E-state index contributed by atoms with van der Waals surface area (Å²) in [7, 11) is -3.59. The minimum absolute atomic E-state index is 0.139. The number of rotatable bonds is 8. The Bertz CT molecular complexity index is 603. The van der Waals surface area contributed by atoms with Crippen molar-refractivity contribution in [3.8, 4) is 6.07 Å². The average molecular weight is 310 g/mol. The predicted octanol–water partition coefficient (Wildman–Crippen LogP) is 1.37. The van der Waals surface area contributed by atoms with Crippen LogP contribution < -0.4 is 4.72 Å². The zero-order valence-corrected chi connectivity index (χ0v) is 12.6. The lowest BCUT2D eigenvalue weighted by Crippen LogP contribution is -2.25. The number of sulfonamides is 1. The first-order valence-electron chi connectivity index (χ1n) is 6.60. The van der Waals surface area contributed by atoms with Gasteiger partial charge in [0.15, 0.2) is 0 Å². The van der Waals surface area contributed by atoms with E-state index < -0.39 is 10.0 Å². The molecule has 1 aromatic carbocycles. The molecular formula is C14H18N2O4S. The summed E-state index contributed by atoms with van der Waals surface area (Å²) in [5, 5.41) is 8.56. The molecule has 0 fully saturated rings. The smallest absolute Gasteiger partial charge is 0.305 e. The van der Waals surface area contributed by atoms with Gasteiger partial charge in [-0.25, -0.2) is 13.1 Å². The Balaban J connectivity index is 2.50. The van der Waals surface area contributed by atoms with E-state index in [1.165, 1.54) is 12.1 Å². The Morgan fingerprint density at radius 2 is 2.00 bits per heavy atom. The largest absolute Gasteiger partial charge is 0.466 e. The normalized spacial score (nSPS) is 10.9. The highest BCUT2D eigenvalue weighted by Gasteiger charge is 2.13. The molecule has 0 bridgehead atoms. The maximum atomic E-state index is 12.0. The van der Waals surface area contributed by atoms with E-state index in [-0.39, 0.29) is 30.3 Å². The summed E-state index contributed by atoms with van der Waals surface area (Å²) in [6, 6.07) is 8.13. The van der Waals surface area contributed by atoms with Gasteiger partial charge >= 0.3 is 5.97 Å². The van der Waals surface area contributed by atoms with Crippen LogP contribution in [0.25, 0.3) is 0 Å². The van der Waals surface area contributed by atoms with E-state index in [0.29, 0.717) is 13.0 Å². The number of esters is 1. The minimum atomic E-state index is -3.59. The van der Waals surface area contributed by atoms with Crippen molar-refractivity contribution in [1.82, 2.24) is 4.72 Å². The van der Waals surface area contributed by atoms with Crippen molar-refractivity contribution in [2.75, 3.05) is 13.2 Å². The number of carbonyl (C=O) groups excluding carboxylic acids is 1. The van der Waals surface area contributed by atoms with Gasteiger partial charge in [-0.15, -0.1) is 0 Å². The topological polar surface area (TPSA) is 96.3 Å². The van der Waals surface area contributed by atoms with Crippen LogP contribution in [-0.4, -0.2) is 27.5 Å². The van der Waals surface area contributed by atoms with E-state index in [0.717, 1.165) is 5.56 Å². The molecule has 0 aliphatic rings. The third kappa shape index (κ3) is 5.94. The number of nitrogens with one attached hydrogen (secondary N) is 1. The molecule has 0 saturated carbocycles. The van der Waals surface area contributed by atoms with Gasteiger partial charge in [0.25, 0.3) is 0 Å². The molecule has 0 aliphatic heterocycles. The summed E-state index contributed by atoms with van der Waals surface area (Å²) in [6.45, 7) is 2.21. The molecule has 0 radical (unpaired) electrons. The molecule has 1 rings (SSSR count). The van der Waals surface area contributed by atoms with Crippen molar-refractivity contribution in [2.45, 2.75) is 31.1 Å². The van der Waals surface area contributed by atoms with Gasteiger partial charge in [0.2, 0.25) is 10.0 Å². The summed E-state index contributed by atoms with van der Waals surface area (Å²) < 4.78 is 31.1. The first-order chi connectivity index (χ1) is 9.99. The van der Waals surface area contributed by atoms with E-state index in [1.54, 1.807) is 19.1 Å². The van der Waals surface area contributed by atoms with Gasteiger partial charge in [-0.3, -0.25) is 4.79 Å². The van der Waals surface area contributed by atoms with Crippen LogP contribution in [0.5, 0.6) is 0 Å². The second-order valence-corrected chi connectivity index (χ2v) is 6.05. The lowest BCUT2D eigenvalue weighted by Gasteiger charge is -2.07. The van der Waals surface area contributed by atoms with Crippen LogP contribution in [0.4, 0.5) is 0 Å². The van der Waals surface area contributed by atoms with Crippen LogP contribution in [-0.2, 0) is 26.0 Å². The molecule has 21 heavy (non-hydrogen) atoms. The van der Waals surface area contributed by atoms with Crippen molar-refractivity contribution in [3.63, 3.8) is 0 Å². The molecule has 6 nitrogen and oxygen atoms in total. The maximum Gasteiger partial charge on any atom is 0.305 e. The highest BCUT2D eigenvalue weighted by Crippen LogP contribution is 2.11. The van der Waals surface area contributed by atoms with Crippen molar-refractivity contribution >= 4 is 16.0 Å². The van der Waals surface area contributed by atoms with Crippen LogP contribution in [0.2, 0.25) is 0 Å². The standard InChI is InChI=1S/C14H18N2O4S/c1-2-20-14(17)4-3-11-16-21(18,19)13-7-5-12(6-8-13)9-10-15/h5-8,16H,2-4,9,11H2,1H3. The van der Waals surface area contributed by atoms with Crippen LogP contribution in [0.3, 0.4) is 0 Å². The number of nitriles is 1. The predicted molar refractivity (Wildman–Crippen MR) is 76.8 cm³/mol. The first-order valence-corrected chi connectivity index (χ1v) is 8.09.